The SMILES string of the molecule is CC[C@@H](C)NC(=O)[C@H](CC)N(Cc1ccc(Cl)cc1Cl)C(=O)CN(c1cc(Cl)ccc1OC)S(=O)(=O)c1ccc(C)c([N+](=O)[O-])c1. The fourth-order valence-electron chi connectivity index (χ4n) is 4.64. The topological polar surface area (TPSA) is 139 Å². The smallest absolute Gasteiger partial charge is 0.273 e. The van der Waals surface area contributed by atoms with Gasteiger partial charge in [-0.2, -0.15) is 0 Å². The van der Waals surface area contributed by atoms with Crippen LogP contribution in [-0.4, -0.2) is 55.8 Å². The minimum absolute atomic E-state index is 0.0660. The Labute approximate surface area is 283 Å². The highest BCUT2D eigenvalue weighted by Gasteiger charge is 2.36. The molecule has 46 heavy (non-hydrogen) atoms. The van der Waals surface area contributed by atoms with E-state index in [0.29, 0.717) is 17.0 Å². The number of nitro groups is 1. The summed E-state index contributed by atoms with van der Waals surface area (Å²) in [6.45, 7) is 5.96. The maximum absolute atomic E-state index is 14.4. The van der Waals surface area contributed by atoms with Gasteiger partial charge in [0, 0.05) is 39.3 Å². The molecule has 248 valence electrons. The van der Waals surface area contributed by atoms with Gasteiger partial charge in [-0.15, -0.1) is 0 Å². The maximum Gasteiger partial charge on any atom is 0.273 e. The molecule has 0 bridgehead atoms. The van der Waals surface area contributed by atoms with Crippen LogP contribution >= 0.6 is 34.8 Å². The number of sulfonamides is 1. The summed E-state index contributed by atoms with van der Waals surface area (Å²) >= 11 is 18.8. The van der Waals surface area contributed by atoms with Crippen LogP contribution in [0.4, 0.5) is 11.4 Å². The number of ether oxygens (including phenoxy) is 1. The molecule has 1 N–H and O–H groups in total. The van der Waals surface area contributed by atoms with Crippen molar-refractivity contribution in [3.63, 3.8) is 0 Å². The molecular formula is C31H35Cl3N4O7S. The Hall–Kier alpha value is -3.58. The van der Waals surface area contributed by atoms with E-state index in [2.05, 4.69) is 5.32 Å². The normalized spacial score (nSPS) is 12.6. The monoisotopic (exact) mass is 712 g/mol. The molecule has 15 heteroatoms. The summed E-state index contributed by atoms with van der Waals surface area (Å²) in [6, 6.07) is 11.2. The molecule has 0 heterocycles. The van der Waals surface area contributed by atoms with Crippen molar-refractivity contribution >= 4 is 68.0 Å². The number of carbonyl (C=O) groups is 2. The summed E-state index contributed by atoms with van der Waals surface area (Å²) < 4.78 is 34.8. The molecule has 0 spiro atoms. The molecule has 0 saturated heterocycles. The number of rotatable bonds is 14. The first kappa shape index (κ1) is 36.9. The average Bonchev–Trinajstić information content (AvgIpc) is 3.00. The summed E-state index contributed by atoms with van der Waals surface area (Å²) in [4.78, 5) is 39.6. The van der Waals surface area contributed by atoms with E-state index in [9.17, 15) is 28.1 Å². The number of amides is 2. The average molecular weight is 714 g/mol. The van der Waals surface area contributed by atoms with E-state index in [4.69, 9.17) is 39.5 Å². The Kier molecular flexibility index (Phi) is 12.7. The second kappa shape index (κ2) is 15.8. The van der Waals surface area contributed by atoms with Crippen LogP contribution < -0.4 is 14.4 Å². The highest BCUT2D eigenvalue weighted by molar-refractivity contribution is 7.92. The molecule has 3 rings (SSSR count). The summed E-state index contributed by atoms with van der Waals surface area (Å²) in [5.41, 5.74) is 0.208. The number of hydrogen-bond acceptors (Lipinski definition) is 7. The number of nitrogens with one attached hydrogen (secondary N) is 1. The van der Waals surface area contributed by atoms with Crippen molar-refractivity contribution < 1.29 is 27.7 Å². The van der Waals surface area contributed by atoms with Crippen molar-refractivity contribution in [2.24, 2.45) is 0 Å². The van der Waals surface area contributed by atoms with Crippen molar-refractivity contribution in [1.82, 2.24) is 10.2 Å². The number of benzene rings is 3. The van der Waals surface area contributed by atoms with Gasteiger partial charge in [-0.25, -0.2) is 8.42 Å². The van der Waals surface area contributed by atoms with Gasteiger partial charge in [0.2, 0.25) is 11.8 Å². The van der Waals surface area contributed by atoms with Crippen molar-refractivity contribution in [1.29, 1.82) is 0 Å². The van der Waals surface area contributed by atoms with Crippen LogP contribution in [0.15, 0.2) is 59.5 Å². The van der Waals surface area contributed by atoms with E-state index in [1.54, 1.807) is 19.1 Å². The zero-order chi connectivity index (χ0) is 34.3. The molecule has 0 saturated carbocycles. The molecule has 0 fully saturated rings. The third kappa shape index (κ3) is 8.61. The summed E-state index contributed by atoms with van der Waals surface area (Å²) in [6.07, 6.45) is 0.832. The maximum atomic E-state index is 14.4. The van der Waals surface area contributed by atoms with Crippen molar-refractivity contribution in [3.8, 4) is 5.75 Å². The van der Waals surface area contributed by atoms with E-state index in [1.807, 2.05) is 13.8 Å². The first-order valence-electron chi connectivity index (χ1n) is 14.3. The van der Waals surface area contributed by atoms with Gasteiger partial charge in [-0.05, 0) is 68.7 Å². The van der Waals surface area contributed by atoms with Gasteiger partial charge in [-0.3, -0.25) is 24.0 Å². The third-order valence-electron chi connectivity index (χ3n) is 7.40. The molecule has 0 unspecified atom stereocenters. The summed E-state index contributed by atoms with van der Waals surface area (Å²) in [5.74, 6) is -1.13. The number of aryl methyl sites for hydroxylation is 1. The number of methoxy groups -OCH3 is 1. The molecule has 0 radical (unpaired) electrons. The van der Waals surface area contributed by atoms with Gasteiger partial charge in [0.05, 0.1) is 22.6 Å². The molecule has 3 aromatic rings. The first-order chi connectivity index (χ1) is 21.6. The van der Waals surface area contributed by atoms with Gasteiger partial charge >= 0.3 is 0 Å². The Morgan fingerprint density at radius 3 is 2.24 bits per heavy atom. The second-order valence-electron chi connectivity index (χ2n) is 10.5. The second-order valence-corrected chi connectivity index (χ2v) is 13.7. The van der Waals surface area contributed by atoms with E-state index in [-0.39, 0.29) is 46.1 Å². The Morgan fingerprint density at radius 2 is 1.65 bits per heavy atom. The lowest BCUT2D eigenvalue weighted by Gasteiger charge is -2.34. The highest BCUT2D eigenvalue weighted by Crippen LogP contribution is 2.36. The molecule has 0 aliphatic heterocycles. The van der Waals surface area contributed by atoms with E-state index in [0.717, 1.165) is 10.4 Å². The Balaban J connectivity index is 2.21. The predicted molar refractivity (Wildman–Crippen MR) is 179 cm³/mol. The highest BCUT2D eigenvalue weighted by atomic mass is 35.5. The van der Waals surface area contributed by atoms with Crippen LogP contribution in [0.25, 0.3) is 0 Å². The largest absolute Gasteiger partial charge is 0.495 e. The van der Waals surface area contributed by atoms with Crippen LogP contribution in [0, 0.1) is 17.0 Å². The van der Waals surface area contributed by atoms with Crippen LogP contribution in [0.1, 0.15) is 44.7 Å². The van der Waals surface area contributed by atoms with E-state index >= 15 is 0 Å². The Bertz CT molecular complexity index is 1720. The Morgan fingerprint density at radius 1 is 1.00 bits per heavy atom. The summed E-state index contributed by atoms with van der Waals surface area (Å²) in [7, 11) is -3.35. The van der Waals surface area contributed by atoms with Gasteiger partial charge in [0.15, 0.2) is 0 Å². The standard InChI is InChI=1S/C31H35Cl3N4O7S/c1-6-20(4)35-31(40)26(7-2)36(17-21-9-10-22(32)14-25(21)34)30(39)18-37(28-15-23(33)11-13-29(28)45-5)46(43,44)24-12-8-19(3)27(16-24)38(41)42/h8-16,20,26H,6-7,17-18H2,1-5H3,(H,35,40)/t20-,26+/m1/s1. The molecule has 11 nitrogen and oxygen atoms in total. The lowest BCUT2D eigenvalue weighted by Crippen LogP contribution is -2.53. The molecular weight excluding hydrogens is 679 g/mol. The number of nitro benzene ring substituents is 1. The fraction of sp³-hybridized carbons (Fsp3) is 0.355. The fourth-order valence-corrected chi connectivity index (χ4v) is 6.71. The van der Waals surface area contributed by atoms with Crippen molar-refractivity contribution in [3.05, 3.63) is 90.9 Å². The van der Waals surface area contributed by atoms with Gasteiger partial charge < -0.3 is 15.0 Å². The number of anilines is 1. The molecule has 0 aliphatic rings. The first-order valence-corrected chi connectivity index (χ1v) is 16.9. The predicted octanol–water partition coefficient (Wildman–Crippen LogP) is 6.79. The minimum atomic E-state index is -4.67. The third-order valence-corrected chi connectivity index (χ3v) is 9.97. The minimum Gasteiger partial charge on any atom is -0.495 e. The van der Waals surface area contributed by atoms with Crippen LogP contribution in [0.2, 0.25) is 15.1 Å². The van der Waals surface area contributed by atoms with Crippen LogP contribution in [-0.2, 0) is 26.2 Å². The quantitative estimate of drug-likeness (QED) is 0.143. The number of nitrogens with zero attached hydrogens (tertiary/aromatic N) is 3. The lowest BCUT2D eigenvalue weighted by atomic mass is 10.1. The molecule has 2 atom stereocenters. The molecule has 2 amide bonds. The van der Waals surface area contributed by atoms with Gasteiger partial charge in [-0.1, -0.05) is 60.8 Å². The van der Waals surface area contributed by atoms with Crippen molar-refractivity contribution in [2.45, 2.75) is 64.1 Å². The number of halogens is 3. The number of carbonyl (C=O) groups excluding carboxylic acids is 2. The van der Waals surface area contributed by atoms with Crippen molar-refractivity contribution in [2.75, 3.05) is 18.0 Å². The molecule has 0 aliphatic carbocycles. The van der Waals surface area contributed by atoms with E-state index < -0.39 is 49.9 Å². The van der Waals surface area contributed by atoms with Crippen LogP contribution in [0.3, 0.4) is 0 Å². The van der Waals surface area contributed by atoms with Crippen LogP contribution in [0.5, 0.6) is 5.75 Å². The zero-order valence-electron chi connectivity index (χ0n) is 25.9. The molecule has 3 aromatic carbocycles. The van der Waals surface area contributed by atoms with E-state index in [1.165, 1.54) is 55.3 Å². The summed E-state index contributed by atoms with van der Waals surface area (Å²) in [5, 5.41) is 15.3. The zero-order valence-corrected chi connectivity index (χ0v) is 29.0. The number of hydrogen-bond donors (Lipinski definition) is 1. The molecule has 0 aromatic heterocycles. The van der Waals surface area contributed by atoms with Gasteiger partial charge in [0.1, 0.15) is 18.3 Å². The lowest BCUT2D eigenvalue weighted by molar-refractivity contribution is -0.385. The van der Waals surface area contributed by atoms with Gasteiger partial charge in [0.25, 0.3) is 15.7 Å².